The summed E-state index contributed by atoms with van der Waals surface area (Å²) in [5.41, 5.74) is 0. The first-order valence-corrected chi connectivity index (χ1v) is 7.24. The summed E-state index contributed by atoms with van der Waals surface area (Å²) in [4.78, 5) is 11.6. The van der Waals surface area contributed by atoms with Gasteiger partial charge in [-0.25, -0.2) is 0 Å². The molecule has 0 fully saturated rings. The summed E-state index contributed by atoms with van der Waals surface area (Å²) in [5, 5.41) is 0. The molecule has 0 saturated heterocycles. The Morgan fingerprint density at radius 3 is 2.24 bits per heavy atom. The molecule has 17 heavy (non-hydrogen) atoms. The molecule has 1 unspecified atom stereocenters. The maximum absolute atomic E-state index is 11.6. The monoisotopic (exact) mass is 242 g/mol. The molecule has 0 rings (SSSR count). The molecule has 0 aliphatic rings. The largest absolute Gasteiger partial charge is 0.465 e. The molecule has 102 valence electrons. The van der Waals surface area contributed by atoms with Gasteiger partial charge in [0.05, 0.1) is 12.5 Å². The molecular formula is C15H30O2. The number of esters is 1. The Hall–Kier alpha value is -0.530. The molecule has 2 nitrogen and oxygen atoms in total. The van der Waals surface area contributed by atoms with Gasteiger partial charge in [-0.05, 0) is 25.2 Å². The van der Waals surface area contributed by atoms with Crippen LogP contribution in [0.15, 0.2) is 0 Å². The van der Waals surface area contributed by atoms with Crippen LogP contribution in [0.2, 0.25) is 0 Å². The zero-order valence-electron chi connectivity index (χ0n) is 12.1. The van der Waals surface area contributed by atoms with Gasteiger partial charge in [0.25, 0.3) is 0 Å². The molecule has 0 aliphatic carbocycles. The topological polar surface area (TPSA) is 26.3 Å². The van der Waals surface area contributed by atoms with E-state index in [0.717, 1.165) is 31.6 Å². The number of hydrogen-bond acceptors (Lipinski definition) is 2. The number of rotatable bonds is 10. The lowest BCUT2D eigenvalue weighted by atomic mass is 10.0. The zero-order valence-corrected chi connectivity index (χ0v) is 12.1. The summed E-state index contributed by atoms with van der Waals surface area (Å²) in [7, 11) is 0. The third kappa shape index (κ3) is 10.3. The van der Waals surface area contributed by atoms with Crippen molar-refractivity contribution in [2.75, 3.05) is 6.61 Å². The molecule has 0 amide bonds. The lowest BCUT2D eigenvalue weighted by Gasteiger charge is -2.11. The van der Waals surface area contributed by atoms with Crippen molar-refractivity contribution in [3.8, 4) is 0 Å². The maximum Gasteiger partial charge on any atom is 0.308 e. The maximum atomic E-state index is 11.6. The van der Waals surface area contributed by atoms with Crippen LogP contribution in [0.3, 0.4) is 0 Å². The van der Waals surface area contributed by atoms with Crippen molar-refractivity contribution in [3.05, 3.63) is 0 Å². The first-order valence-electron chi connectivity index (χ1n) is 7.24. The van der Waals surface area contributed by atoms with Gasteiger partial charge in [0, 0.05) is 0 Å². The van der Waals surface area contributed by atoms with Crippen LogP contribution in [-0.2, 0) is 9.53 Å². The van der Waals surface area contributed by atoms with Crippen LogP contribution in [0.25, 0.3) is 0 Å². The van der Waals surface area contributed by atoms with E-state index in [1.54, 1.807) is 0 Å². The lowest BCUT2D eigenvalue weighted by Crippen LogP contribution is -2.15. The molecule has 0 N–H and O–H groups in total. The van der Waals surface area contributed by atoms with Crippen molar-refractivity contribution in [3.63, 3.8) is 0 Å². The van der Waals surface area contributed by atoms with Crippen LogP contribution >= 0.6 is 0 Å². The van der Waals surface area contributed by atoms with E-state index in [0.29, 0.717) is 6.61 Å². The lowest BCUT2D eigenvalue weighted by molar-refractivity contribution is -0.148. The van der Waals surface area contributed by atoms with E-state index in [2.05, 4.69) is 20.8 Å². The molecule has 0 bridgehead atoms. The predicted molar refractivity (Wildman–Crippen MR) is 73.0 cm³/mol. The Morgan fingerprint density at radius 2 is 1.65 bits per heavy atom. The van der Waals surface area contributed by atoms with Crippen LogP contribution < -0.4 is 0 Å². The Balaban J connectivity index is 3.44. The van der Waals surface area contributed by atoms with Gasteiger partial charge in [0.2, 0.25) is 0 Å². The third-order valence-corrected chi connectivity index (χ3v) is 3.06. The van der Waals surface area contributed by atoms with Gasteiger partial charge in [-0.1, -0.05) is 53.4 Å². The quantitative estimate of drug-likeness (QED) is 0.414. The molecular weight excluding hydrogens is 212 g/mol. The van der Waals surface area contributed by atoms with Gasteiger partial charge in [-0.2, -0.15) is 0 Å². The summed E-state index contributed by atoms with van der Waals surface area (Å²) in [5.74, 6) is 0.816. The Bertz CT molecular complexity index is 187. The minimum Gasteiger partial charge on any atom is -0.465 e. The van der Waals surface area contributed by atoms with Gasteiger partial charge in [0.15, 0.2) is 0 Å². The second-order valence-electron chi connectivity index (χ2n) is 5.45. The van der Waals surface area contributed by atoms with E-state index < -0.39 is 0 Å². The first kappa shape index (κ1) is 16.5. The molecule has 0 aromatic rings. The van der Waals surface area contributed by atoms with Crippen LogP contribution in [0, 0.1) is 11.8 Å². The van der Waals surface area contributed by atoms with E-state index in [4.69, 9.17) is 4.74 Å². The number of carbonyl (C=O) groups is 1. The Morgan fingerprint density at radius 1 is 1.00 bits per heavy atom. The molecule has 0 spiro atoms. The van der Waals surface area contributed by atoms with E-state index in [9.17, 15) is 4.79 Å². The minimum absolute atomic E-state index is 0.00866. The van der Waals surface area contributed by atoms with Gasteiger partial charge in [-0.15, -0.1) is 0 Å². The van der Waals surface area contributed by atoms with Crippen molar-refractivity contribution >= 4 is 5.97 Å². The highest BCUT2D eigenvalue weighted by Crippen LogP contribution is 2.12. The van der Waals surface area contributed by atoms with E-state index >= 15 is 0 Å². The van der Waals surface area contributed by atoms with Crippen molar-refractivity contribution in [1.29, 1.82) is 0 Å². The highest BCUT2D eigenvalue weighted by atomic mass is 16.5. The molecule has 2 heteroatoms. The highest BCUT2D eigenvalue weighted by Gasteiger charge is 2.13. The smallest absolute Gasteiger partial charge is 0.308 e. The molecule has 0 heterocycles. The number of unbranched alkanes of at least 4 members (excludes halogenated alkanes) is 3. The van der Waals surface area contributed by atoms with Crippen molar-refractivity contribution in [2.45, 2.75) is 72.6 Å². The standard InChI is InChI=1S/C15H30O2/c1-5-6-7-11-14(4)15(16)17-12-9-8-10-13(2)3/h13-14H,5-12H2,1-4H3. The molecule has 0 saturated carbocycles. The predicted octanol–water partition coefficient (Wildman–Crippen LogP) is 4.57. The van der Waals surface area contributed by atoms with Crippen molar-refractivity contribution in [1.82, 2.24) is 0 Å². The average molecular weight is 242 g/mol. The van der Waals surface area contributed by atoms with Gasteiger partial charge < -0.3 is 4.74 Å². The average Bonchev–Trinajstić information content (AvgIpc) is 2.28. The third-order valence-electron chi connectivity index (χ3n) is 3.06. The molecule has 0 aromatic carbocycles. The summed E-state index contributed by atoms with van der Waals surface area (Å²) in [6.07, 6.45) is 7.92. The van der Waals surface area contributed by atoms with Crippen LogP contribution in [0.5, 0.6) is 0 Å². The van der Waals surface area contributed by atoms with Crippen molar-refractivity contribution < 1.29 is 9.53 Å². The normalized spacial score (nSPS) is 12.8. The van der Waals surface area contributed by atoms with Gasteiger partial charge >= 0.3 is 5.97 Å². The zero-order chi connectivity index (χ0) is 13.1. The first-order chi connectivity index (χ1) is 8.07. The highest BCUT2D eigenvalue weighted by molar-refractivity contribution is 5.71. The van der Waals surface area contributed by atoms with Gasteiger partial charge in [-0.3, -0.25) is 4.79 Å². The number of hydrogen-bond donors (Lipinski definition) is 0. The van der Waals surface area contributed by atoms with E-state index in [1.165, 1.54) is 19.3 Å². The fourth-order valence-corrected chi connectivity index (χ4v) is 1.79. The molecule has 0 radical (unpaired) electrons. The van der Waals surface area contributed by atoms with Gasteiger partial charge in [0.1, 0.15) is 0 Å². The van der Waals surface area contributed by atoms with E-state index in [1.807, 2.05) is 6.92 Å². The molecule has 0 aromatic heterocycles. The SMILES string of the molecule is CCCCCC(C)C(=O)OCCCCC(C)C. The fraction of sp³-hybridized carbons (Fsp3) is 0.933. The molecule has 0 aliphatic heterocycles. The Labute approximate surface area is 107 Å². The summed E-state index contributed by atoms with van der Waals surface area (Å²) >= 11 is 0. The van der Waals surface area contributed by atoms with Crippen LogP contribution in [0.4, 0.5) is 0 Å². The van der Waals surface area contributed by atoms with E-state index in [-0.39, 0.29) is 11.9 Å². The fourth-order valence-electron chi connectivity index (χ4n) is 1.79. The summed E-state index contributed by atoms with van der Waals surface area (Å²) < 4.78 is 5.28. The van der Waals surface area contributed by atoms with Crippen LogP contribution in [-0.4, -0.2) is 12.6 Å². The summed E-state index contributed by atoms with van der Waals surface area (Å²) in [6.45, 7) is 9.21. The Kier molecular flexibility index (Phi) is 10.3. The van der Waals surface area contributed by atoms with Crippen molar-refractivity contribution in [2.24, 2.45) is 11.8 Å². The number of carbonyl (C=O) groups excluding carboxylic acids is 1. The van der Waals surface area contributed by atoms with Crippen LogP contribution in [0.1, 0.15) is 72.6 Å². The molecule has 1 atom stereocenters. The second-order valence-corrected chi connectivity index (χ2v) is 5.45. The number of ether oxygens (including phenoxy) is 1. The minimum atomic E-state index is -0.00866. The second kappa shape index (κ2) is 10.6. The summed E-state index contributed by atoms with van der Waals surface area (Å²) in [6, 6.07) is 0.